The second kappa shape index (κ2) is 6.52. The van der Waals surface area contributed by atoms with Crippen LogP contribution in [0.25, 0.3) is 0 Å². The number of anilines is 1. The minimum Gasteiger partial charge on any atom is -0.479 e. The molecule has 2 aromatic carbocycles. The van der Waals surface area contributed by atoms with Crippen molar-refractivity contribution in [2.45, 2.75) is 31.9 Å². The topological polar surface area (TPSA) is 32.8 Å². The molecule has 0 spiro atoms. The van der Waals surface area contributed by atoms with Gasteiger partial charge in [0.15, 0.2) is 6.10 Å². The lowest BCUT2D eigenvalue weighted by molar-refractivity contribution is -0.125. The fourth-order valence-corrected chi connectivity index (χ4v) is 4.00. The average molecular weight is 336 g/mol. The van der Waals surface area contributed by atoms with Crippen molar-refractivity contribution in [2.75, 3.05) is 25.0 Å². The van der Waals surface area contributed by atoms with Gasteiger partial charge in [0, 0.05) is 19.1 Å². The van der Waals surface area contributed by atoms with Crippen molar-refractivity contribution < 1.29 is 9.53 Å². The molecule has 0 bridgehead atoms. The molecule has 1 amide bonds. The zero-order chi connectivity index (χ0) is 17.4. The molecule has 0 fully saturated rings. The fourth-order valence-electron chi connectivity index (χ4n) is 4.00. The van der Waals surface area contributed by atoms with Gasteiger partial charge in [-0.2, -0.15) is 0 Å². The Hall–Kier alpha value is -2.33. The molecule has 2 aliphatic rings. The Kier molecular flexibility index (Phi) is 4.22. The van der Waals surface area contributed by atoms with Gasteiger partial charge in [0.1, 0.15) is 5.75 Å². The first-order valence-electron chi connectivity index (χ1n) is 9.00. The van der Waals surface area contributed by atoms with E-state index in [0.29, 0.717) is 12.6 Å². The van der Waals surface area contributed by atoms with Gasteiger partial charge in [-0.1, -0.05) is 36.4 Å². The molecule has 4 nitrogen and oxygen atoms in total. The molecule has 4 heteroatoms. The molecule has 130 valence electrons. The highest BCUT2D eigenvalue weighted by Crippen LogP contribution is 2.36. The molecule has 1 aliphatic heterocycles. The van der Waals surface area contributed by atoms with Gasteiger partial charge in [-0.15, -0.1) is 0 Å². The van der Waals surface area contributed by atoms with E-state index in [9.17, 15) is 4.79 Å². The minimum absolute atomic E-state index is 0.0407. The lowest BCUT2D eigenvalue weighted by atomic mass is 10.1. The summed E-state index contributed by atoms with van der Waals surface area (Å²) in [4.78, 5) is 16.9. The van der Waals surface area contributed by atoms with Crippen LogP contribution in [0.1, 0.15) is 30.5 Å². The van der Waals surface area contributed by atoms with Crippen LogP contribution >= 0.6 is 0 Å². The summed E-state index contributed by atoms with van der Waals surface area (Å²) in [5.41, 5.74) is 3.78. The summed E-state index contributed by atoms with van der Waals surface area (Å²) in [6, 6.07) is 16.9. The van der Waals surface area contributed by atoms with Crippen LogP contribution in [0.5, 0.6) is 5.75 Å². The number of hydrogen-bond donors (Lipinski definition) is 0. The first-order chi connectivity index (χ1) is 12.1. The zero-order valence-corrected chi connectivity index (χ0v) is 14.8. The second-order valence-electron chi connectivity index (χ2n) is 6.95. The van der Waals surface area contributed by atoms with E-state index in [1.54, 1.807) is 0 Å². The smallest absolute Gasteiger partial charge is 0.267 e. The third-order valence-electron chi connectivity index (χ3n) is 5.38. The monoisotopic (exact) mass is 336 g/mol. The average Bonchev–Trinajstić information content (AvgIpc) is 3.06. The Balaban J connectivity index is 1.49. The van der Waals surface area contributed by atoms with E-state index < -0.39 is 6.10 Å². The highest BCUT2D eigenvalue weighted by Gasteiger charge is 2.32. The van der Waals surface area contributed by atoms with E-state index in [1.165, 1.54) is 11.1 Å². The third-order valence-corrected chi connectivity index (χ3v) is 5.38. The van der Waals surface area contributed by atoms with Crippen molar-refractivity contribution in [2.24, 2.45) is 0 Å². The second-order valence-corrected chi connectivity index (χ2v) is 6.95. The van der Waals surface area contributed by atoms with E-state index in [0.717, 1.165) is 30.8 Å². The predicted molar refractivity (Wildman–Crippen MR) is 99.0 cm³/mol. The number of nitrogens with zero attached hydrogens (tertiary/aromatic N) is 2. The largest absolute Gasteiger partial charge is 0.479 e. The van der Waals surface area contributed by atoms with Crippen molar-refractivity contribution in [1.29, 1.82) is 0 Å². The summed E-state index contributed by atoms with van der Waals surface area (Å²) < 4.78 is 5.72. The molecule has 0 saturated carbocycles. The fraction of sp³-hybridized carbons (Fsp3) is 0.381. The van der Waals surface area contributed by atoms with Gasteiger partial charge in [-0.3, -0.25) is 9.69 Å². The molecule has 0 unspecified atom stereocenters. The van der Waals surface area contributed by atoms with Crippen LogP contribution in [0.3, 0.4) is 0 Å². The molecular weight excluding hydrogens is 312 g/mol. The quantitative estimate of drug-likeness (QED) is 0.858. The number of aryl methyl sites for hydroxylation is 1. The highest BCUT2D eigenvalue weighted by molar-refractivity contribution is 5.99. The standard InChI is InChI=1S/C21H24N2O2/c1-15-21(24)23(19-9-5-6-10-20(19)25-15)14-13-22(2)18-12-11-16-7-3-4-8-17(16)18/h3-10,15,18H,11-14H2,1-2H3/t15-,18-/m0/s1. The minimum atomic E-state index is -0.424. The van der Waals surface area contributed by atoms with Gasteiger partial charge in [0.25, 0.3) is 5.91 Å². The van der Waals surface area contributed by atoms with Crippen molar-refractivity contribution >= 4 is 11.6 Å². The SMILES string of the molecule is C[C@@H]1Oc2ccccc2N(CCN(C)[C@H]2CCc3ccccc32)C1=O. The van der Waals surface area contributed by atoms with Gasteiger partial charge in [0.2, 0.25) is 0 Å². The Bertz CT molecular complexity index is 789. The summed E-state index contributed by atoms with van der Waals surface area (Å²) in [7, 11) is 2.16. The summed E-state index contributed by atoms with van der Waals surface area (Å²) in [5, 5.41) is 0. The van der Waals surface area contributed by atoms with E-state index >= 15 is 0 Å². The van der Waals surface area contributed by atoms with Crippen LogP contribution < -0.4 is 9.64 Å². The lowest BCUT2D eigenvalue weighted by Crippen LogP contribution is -2.47. The molecule has 0 radical (unpaired) electrons. The van der Waals surface area contributed by atoms with Crippen molar-refractivity contribution in [1.82, 2.24) is 4.90 Å². The van der Waals surface area contributed by atoms with Gasteiger partial charge in [0.05, 0.1) is 5.69 Å². The summed E-state index contributed by atoms with van der Waals surface area (Å²) >= 11 is 0. The number of ether oxygens (including phenoxy) is 1. The Labute approximate surface area is 149 Å². The summed E-state index contributed by atoms with van der Waals surface area (Å²) in [6.07, 6.45) is 1.87. The number of carbonyl (C=O) groups is 1. The number of para-hydroxylation sites is 2. The van der Waals surface area contributed by atoms with Crippen molar-refractivity contribution in [3.63, 3.8) is 0 Å². The predicted octanol–water partition coefficient (Wildman–Crippen LogP) is 3.42. The molecule has 4 rings (SSSR count). The third kappa shape index (κ3) is 2.91. The van der Waals surface area contributed by atoms with Crippen LogP contribution in [-0.4, -0.2) is 37.0 Å². The van der Waals surface area contributed by atoms with Crippen LogP contribution in [0, 0.1) is 0 Å². The number of hydrogen-bond acceptors (Lipinski definition) is 3. The van der Waals surface area contributed by atoms with Gasteiger partial charge in [-0.25, -0.2) is 0 Å². The van der Waals surface area contributed by atoms with Crippen LogP contribution in [0.4, 0.5) is 5.69 Å². The Morgan fingerprint density at radius 2 is 1.92 bits per heavy atom. The molecule has 1 heterocycles. The molecule has 2 atom stereocenters. The van der Waals surface area contributed by atoms with Gasteiger partial charge < -0.3 is 9.64 Å². The molecule has 0 saturated heterocycles. The molecule has 1 aliphatic carbocycles. The van der Waals surface area contributed by atoms with E-state index in [2.05, 4.69) is 36.2 Å². The molecular formula is C21H24N2O2. The number of fused-ring (bicyclic) bond motifs is 2. The van der Waals surface area contributed by atoms with Crippen molar-refractivity contribution in [3.8, 4) is 5.75 Å². The number of carbonyl (C=O) groups excluding carboxylic acids is 1. The Morgan fingerprint density at radius 1 is 1.16 bits per heavy atom. The van der Waals surface area contributed by atoms with E-state index in [1.807, 2.05) is 36.1 Å². The number of amides is 1. The maximum absolute atomic E-state index is 12.6. The molecule has 25 heavy (non-hydrogen) atoms. The summed E-state index contributed by atoms with van der Waals surface area (Å²) in [5.74, 6) is 0.836. The zero-order valence-electron chi connectivity index (χ0n) is 14.8. The first kappa shape index (κ1) is 16.2. The van der Waals surface area contributed by atoms with E-state index in [4.69, 9.17) is 4.74 Å². The lowest BCUT2D eigenvalue weighted by Gasteiger charge is -2.35. The van der Waals surface area contributed by atoms with Crippen LogP contribution in [0.15, 0.2) is 48.5 Å². The maximum atomic E-state index is 12.6. The van der Waals surface area contributed by atoms with Crippen LogP contribution in [-0.2, 0) is 11.2 Å². The highest BCUT2D eigenvalue weighted by atomic mass is 16.5. The van der Waals surface area contributed by atoms with Gasteiger partial charge in [-0.05, 0) is 50.1 Å². The van der Waals surface area contributed by atoms with Crippen molar-refractivity contribution in [3.05, 3.63) is 59.7 Å². The first-order valence-corrected chi connectivity index (χ1v) is 9.00. The van der Waals surface area contributed by atoms with Crippen LogP contribution in [0.2, 0.25) is 0 Å². The Morgan fingerprint density at radius 3 is 2.80 bits per heavy atom. The maximum Gasteiger partial charge on any atom is 0.267 e. The number of rotatable bonds is 4. The molecule has 0 N–H and O–H groups in total. The van der Waals surface area contributed by atoms with Gasteiger partial charge >= 0.3 is 0 Å². The number of benzene rings is 2. The van der Waals surface area contributed by atoms with E-state index in [-0.39, 0.29) is 5.91 Å². The normalized spacial score (nSPS) is 21.9. The summed E-state index contributed by atoms with van der Waals surface area (Å²) in [6.45, 7) is 3.34. The molecule has 0 aromatic heterocycles. The number of likely N-dealkylation sites (N-methyl/N-ethyl adjacent to an activating group) is 1. The molecule has 2 aromatic rings.